The van der Waals surface area contributed by atoms with Gasteiger partial charge in [-0.2, -0.15) is 8.78 Å². The van der Waals surface area contributed by atoms with E-state index in [0.29, 0.717) is 11.4 Å². The topological polar surface area (TPSA) is 64.4 Å². The molecule has 2 aromatic rings. The normalized spacial score (nSPS) is 10.5. The first kappa shape index (κ1) is 15.1. The third-order valence-corrected chi connectivity index (χ3v) is 2.90. The van der Waals surface area contributed by atoms with Crippen molar-refractivity contribution < 1.29 is 18.3 Å². The predicted molar refractivity (Wildman–Crippen MR) is 76.9 cm³/mol. The summed E-state index contributed by atoms with van der Waals surface area (Å²) >= 11 is 5.92. The molecule has 0 radical (unpaired) electrons. The zero-order valence-electron chi connectivity index (χ0n) is 10.6. The van der Waals surface area contributed by atoms with Crippen LogP contribution in [-0.4, -0.2) is 12.5 Å². The second kappa shape index (κ2) is 6.41. The second-order valence-electron chi connectivity index (χ2n) is 4.10. The van der Waals surface area contributed by atoms with E-state index in [1.54, 1.807) is 6.07 Å². The van der Waals surface area contributed by atoms with Crippen molar-refractivity contribution in [2.24, 2.45) is 0 Å². The van der Waals surface area contributed by atoms with E-state index < -0.39 is 12.5 Å². The van der Waals surface area contributed by atoms with Crippen LogP contribution in [0.4, 0.5) is 20.2 Å². The highest BCUT2D eigenvalue weighted by Crippen LogP contribution is 2.22. The first-order valence-corrected chi connectivity index (χ1v) is 6.25. The molecule has 110 valence electrons. The van der Waals surface area contributed by atoms with Crippen LogP contribution in [0.1, 0.15) is 10.4 Å². The first-order chi connectivity index (χ1) is 9.95. The number of halogens is 3. The minimum absolute atomic E-state index is 0.00462. The molecule has 0 aliphatic carbocycles. The number of nitrogens with one attached hydrogen (secondary N) is 1. The number of benzene rings is 2. The maximum atomic E-state index is 12.0. The van der Waals surface area contributed by atoms with E-state index in [9.17, 15) is 13.6 Å². The van der Waals surface area contributed by atoms with Crippen LogP contribution in [0.2, 0.25) is 5.02 Å². The number of carbonyl (C=O) groups is 1. The molecule has 0 fully saturated rings. The molecule has 0 bridgehead atoms. The molecular formula is C14H11ClF2N2O2. The average Bonchev–Trinajstić information content (AvgIpc) is 2.43. The Balaban J connectivity index is 2.10. The number of alkyl halides is 2. The quantitative estimate of drug-likeness (QED) is 0.845. The minimum atomic E-state index is -2.89. The Bertz CT molecular complexity index is 648. The van der Waals surface area contributed by atoms with Gasteiger partial charge in [0.05, 0.1) is 10.6 Å². The van der Waals surface area contributed by atoms with Crippen LogP contribution >= 0.6 is 11.6 Å². The Morgan fingerprint density at radius 1 is 1.19 bits per heavy atom. The summed E-state index contributed by atoms with van der Waals surface area (Å²) in [4.78, 5) is 12.0. The fourth-order valence-corrected chi connectivity index (χ4v) is 1.84. The van der Waals surface area contributed by atoms with Crippen molar-refractivity contribution in [2.75, 3.05) is 11.1 Å². The molecule has 2 aromatic carbocycles. The summed E-state index contributed by atoms with van der Waals surface area (Å²) in [6.07, 6.45) is 0. The fraction of sp³-hybridized carbons (Fsp3) is 0.0714. The van der Waals surface area contributed by atoms with Gasteiger partial charge in [0.15, 0.2) is 0 Å². The second-order valence-corrected chi connectivity index (χ2v) is 4.50. The van der Waals surface area contributed by atoms with Gasteiger partial charge in [-0.25, -0.2) is 0 Å². The number of nitrogens with two attached hydrogens (primary N) is 1. The lowest BCUT2D eigenvalue weighted by molar-refractivity contribution is -0.0498. The van der Waals surface area contributed by atoms with Crippen LogP contribution in [0.25, 0.3) is 0 Å². The van der Waals surface area contributed by atoms with Crippen molar-refractivity contribution in [3.63, 3.8) is 0 Å². The molecule has 0 aliphatic rings. The Morgan fingerprint density at radius 3 is 2.48 bits per heavy atom. The Morgan fingerprint density at radius 2 is 1.86 bits per heavy atom. The summed E-state index contributed by atoms with van der Waals surface area (Å²) in [5.74, 6) is -0.445. The van der Waals surface area contributed by atoms with E-state index in [1.807, 2.05) is 0 Å². The number of carbonyl (C=O) groups excluding carboxylic acids is 1. The molecule has 0 unspecified atom stereocenters. The first-order valence-electron chi connectivity index (χ1n) is 5.87. The van der Waals surface area contributed by atoms with E-state index in [2.05, 4.69) is 10.1 Å². The van der Waals surface area contributed by atoms with Crippen LogP contribution in [0.5, 0.6) is 5.75 Å². The van der Waals surface area contributed by atoms with Gasteiger partial charge >= 0.3 is 6.61 Å². The summed E-state index contributed by atoms with van der Waals surface area (Å²) in [6.45, 7) is -2.89. The fourth-order valence-electron chi connectivity index (χ4n) is 1.64. The Hall–Kier alpha value is -2.34. The highest BCUT2D eigenvalue weighted by molar-refractivity contribution is 6.34. The van der Waals surface area contributed by atoms with E-state index >= 15 is 0 Å². The smallest absolute Gasteiger partial charge is 0.387 e. The molecule has 3 N–H and O–H groups in total. The van der Waals surface area contributed by atoms with Crippen molar-refractivity contribution in [1.29, 1.82) is 0 Å². The van der Waals surface area contributed by atoms with Crippen LogP contribution in [0.3, 0.4) is 0 Å². The number of anilines is 2. The van der Waals surface area contributed by atoms with Crippen LogP contribution in [-0.2, 0) is 0 Å². The third-order valence-electron chi connectivity index (χ3n) is 2.57. The lowest BCUT2D eigenvalue weighted by atomic mass is 10.2. The number of amides is 1. The number of hydrogen-bond acceptors (Lipinski definition) is 3. The molecule has 2 rings (SSSR count). The lowest BCUT2D eigenvalue weighted by Gasteiger charge is -2.09. The zero-order chi connectivity index (χ0) is 15.4. The molecule has 0 heterocycles. The lowest BCUT2D eigenvalue weighted by Crippen LogP contribution is -2.13. The number of nitrogen functional groups attached to an aromatic ring is 1. The standard InChI is InChI=1S/C14H11ClF2N2O2/c15-12-6-1-8(18)7-11(12)13(20)19-9-2-4-10(5-3-9)21-14(16)17/h1-7,14H,18H2,(H,19,20). The van der Waals surface area contributed by atoms with Crippen molar-refractivity contribution in [3.8, 4) is 5.75 Å². The van der Waals surface area contributed by atoms with E-state index in [4.69, 9.17) is 17.3 Å². The molecule has 0 saturated carbocycles. The molecule has 0 saturated heterocycles. The van der Waals surface area contributed by atoms with Crippen LogP contribution < -0.4 is 15.8 Å². The SMILES string of the molecule is Nc1ccc(Cl)c(C(=O)Nc2ccc(OC(F)F)cc2)c1. The molecule has 0 atom stereocenters. The van der Waals surface area contributed by atoms with E-state index in [-0.39, 0.29) is 16.3 Å². The van der Waals surface area contributed by atoms with Gasteiger partial charge < -0.3 is 15.8 Å². The Kier molecular flexibility index (Phi) is 4.59. The van der Waals surface area contributed by atoms with E-state index in [1.165, 1.54) is 36.4 Å². The molecule has 0 aliphatic heterocycles. The largest absolute Gasteiger partial charge is 0.435 e. The molecular weight excluding hydrogens is 302 g/mol. The van der Waals surface area contributed by atoms with Crippen molar-refractivity contribution in [1.82, 2.24) is 0 Å². The summed E-state index contributed by atoms with van der Waals surface area (Å²) < 4.78 is 28.2. The van der Waals surface area contributed by atoms with Gasteiger partial charge in [0.2, 0.25) is 0 Å². The maximum Gasteiger partial charge on any atom is 0.387 e. The zero-order valence-corrected chi connectivity index (χ0v) is 11.4. The van der Waals surface area contributed by atoms with Gasteiger partial charge in [-0.1, -0.05) is 11.6 Å². The Labute approximate surface area is 124 Å². The van der Waals surface area contributed by atoms with Gasteiger partial charge in [-0.3, -0.25) is 4.79 Å². The molecule has 21 heavy (non-hydrogen) atoms. The maximum absolute atomic E-state index is 12.0. The van der Waals surface area contributed by atoms with Gasteiger partial charge in [-0.15, -0.1) is 0 Å². The van der Waals surface area contributed by atoms with E-state index in [0.717, 1.165) is 0 Å². The van der Waals surface area contributed by atoms with Gasteiger partial charge in [0.1, 0.15) is 5.75 Å². The molecule has 0 spiro atoms. The minimum Gasteiger partial charge on any atom is -0.435 e. The van der Waals surface area contributed by atoms with Crippen molar-refractivity contribution >= 4 is 28.9 Å². The molecule has 1 amide bonds. The van der Waals surface area contributed by atoms with Gasteiger partial charge in [-0.05, 0) is 42.5 Å². The highest BCUT2D eigenvalue weighted by atomic mass is 35.5. The third kappa shape index (κ3) is 4.06. The summed E-state index contributed by atoms with van der Waals surface area (Å²) in [7, 11) is 0. The summed E-state index contributed by atoms with van der Waals surface area (Å²) in [5, 5.41) is 2.85. The molecule has 7 heteroatoms. The summed E-state index contributed by atoms with van der Waals surface area (Å²) in [6, 6.07) is 10.1. The van der Waals surface area contributed by atoms with Gasteiger partial charge in [0, 0.05) is 11.4 Å². The summed E-state index contributed by atoms with van der Waals surface area (Å²) in [5.41, 5.74) is 6.65. The molecule has 0 aromatic heterocycles. The van der Waals surface area contributed by atoms with Crippen LogP contribution in [0.15, 0.2) is 42.5 Å². The predicted octanol–water partition coefficient (Wildman–Crippen LogP) is 3.78. The van der Waals surface area contributed by atoms with Crippen molar-refractivity contribution in [3.05, 3.63) is 53.1 Å². The average molecular weight is 313 g/mol. The highest BCUT2D eigenvalue weighted by Gasteiger charge is 2.11. The number of hydrogen-bond donors (Lipinski definition) is 2. The van der Waals surface area contributed by atoms with Crippen molar-refractivity contribution in [2.45, 2.75) is 6.61 Å². The number of rotatable bonds is 4. The number of ether oxygens (including phenoxy) is 1. The van der Waals surface area contributed by atoms with Crippen LogP contribution in [0, 0.1) is 0 Å². The monoisotopic (exact) mass is 312 g/mol. The van der Waals surface area contributed by atoms with Gasteiger partial charge in [0.25, 0.3) is 5.91 Å². The molecule has 4 nitrogen and oxygen atoms in total.